The molecule has 13 aromatic heterocycles. The van der Waals surface area contributed by atoms with Crippen LogP contribution in [0.25, 0.3) is 178 Å². The Morgan fingerprint density at radius 1 is 0.241 bits per heavy atom. The van der Waals surface area contributed by atoms with E-state index in [1.165, 1.54) is 40.5 Å². The number of hydrogen-bond donors (Lipinski definition) is 0. The fourth-order valence-electron chi connectivity index (χ4n) is 16.8. The summed E-state index contributed by atoms with van der Waals surface area (Å²) in [6.07, 6.45) is 21.5. The third-order valence-electron chi connectivity index (χ3n) is 23.2. The highest BCUT2D eigenvalue weighted by Gasteiger charge is 2.22. The zero-order valence-electron chi connectivity index (χ0n) is 75.5. The van der Waals surface area contributed by atoms with Crippen LogP contribution in [0.1, 0.15) is 39.3 Å². The van der Waals surface area contributed by atoms with E-state index in [2.05, 4.69) is 161 Å². The van der Waals surface area contributed by atoms with Crippen LogP contribution in [-0.4, -0.2) is 82.8 Å². The molecule has 19 heteroatoms. The van der Waals surface area contributed by atoms with Crippen molar-refractivity contribution < 1.29 is 18.3 Å². The van der Waals surface area contributed by atoms with Crippen molar-refractivity contribution in [3.63, 3.8) is 0 Å². The summed E-state index contributed by atoms with van der Waals surface area (Å²) in [5.74, 6) is 1.01. The Balaban J connectivity index is 0.000000105. The number of hydrogen-bond acceptors (Lipinski definition) is 17. The van der Waals surface area contributed by atoms with Crippen LogP contribution in [0.2, 0.25) is 0 Å². The molecule has 137 heavy (non-hydrogen) atoms. The number of halogens is 2. The minimum Gasteiger partial charge on any atom is -0.454 e. The van der Waals surface area contributed by atoms with Gasteiger partial charge in [-0.1, -0.05) is 145 Å². The van der Waals surface area contributed by atoms with Crippen molar-refractivity contribution in [2.75, 3.05) is 6.79 Å². The van der Waals surface area contributed by atoms with Crippen LogP contribution in [0, 0.1) is 46.3 Å². The highest BCUT2D eigenvalue weighted by atomic mass is 19.1. The number of ether oxygens (including phenoxy) is 2. The molecule has 660 valence electrons. The van der Waals surface area contributed by atoms with Gasteiger partial charge in [0.1, 0.15) is 11.6 Å². The number of fused-ring (bicyclic) bond motifs is 6. The fraction of sp³-hybridized carbons (Fsp3) is 0.0593. The summed E-state index contributed by atoms with van der Waals surface area (Å²) >= 11 is 0. The summed E-state index contributed by atoms with van der Waals surface area (Å²) < 4.78 is 38.4. The monoisotopic (exact) mass is 1780 g/mol. The van der Waals surface area contributed by atoms with Crippen LogP contribution in [0.3, 0.4) is 0 Å². The highest BCUT2D eigenvalue weighted by Crippen LogP contribution is 2.42. The molecule has 22 aromatic rings. The number of aryl methyl sites for hydroxylation is 5. The lowest BCUT2D eigenvalue weighted by molar-refractivity contribution is 0.174. The maximum absolute atomic E-state index is 14.4. The number of pyridine rings is 12. The summed E-state index contributed by atoms with van der Waals surface area (Å²) in [6, 6.07) is 110. The molecular formula is C118H87F2N15O2. The third kappa shape index (κ3) is 20.3. The Morgan fingerprint density at radius 3 is 1.15 bits per heavy atom. The second-order valence-electron chi connectivity index (χ2n) is 32.6. The predicted octanol–water partition coefficient (Wildman–Crippen LogP) is 27.7. The molecule has 17 nitrogen and oxygen atoms in total. The Hall–Kier alpha value is -18.0. The first-order valence-corrected chi connectivity index (χ1v) is 44.7. The van der Waals surface area contributed by atoms with Gasteiger partial charge in [-0.05, 0) is 269 Å². The van der Waals surface area contributed by atoms with Gasteiger partial charge in [0.25, 0.3) is 0 Å². The second kappa shape index (κ2) is 41.2. The standard InChI is InChI=1S/C21H15FN2.C21H16N2.C20H13FN2.C19H14N4.C19H15N3.C18H14N2O2/c1-14-8-9-19(22)18(13-14)21-17(6-4-11-24-21)15-10-12-23-20-7-3-2-5-16(15)20;1-15-6-4-7-16(14-15)21-19(9-5-12-23-21)17-11-13-22-20-10-3-2-8-18(17)20;21-15-9-7-14(8-10-15)20-18(5-3-12-23-20)16-11-13-22-19-6-2-1-4-17(16)19;1-13-4-2-6-16(23-13)15-5-3-9-22-19(15)14-7-8-17-18(12-14)21-11-10-20-17;1-13-4-2-6-18(22-13)17-5-3-9-21-19(17)14-7-8-15-11-20-12-16(15)10-14;1-12-4-2-6-15(20-12)14-5-3-9-19-18(14)13-7-8-16-17(10-13)22-11-21-16/h2-13H,1H3;2-14H,1H3;1-13H;2-12H,1H3;2-10,12H,11H2,1H3;2-10H,11H2,1H3. The second-order valence-corrected chi connectivity index (χ2v) is 32.6. The van der Waals surface area contributed by atoms with Gasteiger partial charge < -0.3 is 9.47 Å². The van der Waals surface area contributed by atoms with Gasteiger partial charge in [0.2, 0.25) is 6.79 Å². The quantitative estimate of drug-likeness (QED) is 0.111. The molecule has 2 aliphatic heterocycles. The number of aromatic nitrogens is 14. The van der Waals surface area contributed by atoms with Gasteiger partial charge in [-0.15, -0.1) is 0 Å². The van der Waals surface area contributed by atoms with Gasteiger partial charge in [0.15, 0.2) is 11.5 Å². The van der Waals surface area contributed by atoms with Crippen LogP contribution in [0.5, 0.6) is 11.5 Å². The number of rotatable bonds is 12. The zero-order chi connectivity index (χ0) is 93.3. The molecule has 15 heterocycles. The van der Waals surface area contributed by atoms with Crippen molar-refractivity contribution in [2.45, 2.75) is 41.2 Å². The lowest BCUT2D eigenvalue weighted by Crippen LogP contribution is -1.94. The Bertz CT molecular complexity index is 8170. The van der Waals surface area contributed by atoms with E-state index in [9.17, 15) is 8.78 Å². The van der Waals surface area contributed by atoms with Crippen LogP contribution >= 0.6 is 0 Å². The average Bonchev–Trinajstić information content (AvgIpc) is 1.78. The SMILES string of the molecule is Cc1ccc(F)c(-c2ncccc2-c2ccnc3ccccc23)c1.Cc1cccc(-c2cccnc2-c2ccc3c(c2)C=NC3)n1.Cc1cccc(-c2cccnc2-c2ccc3c(c2)OCO3)n1.Cc1cccc(-c2cccnc2-c2ccc3nccnc3c2)n1.Cc1cccc(-c2ncccc2-c2ccnc3ccccc23)c1.Fc1ccc(-c2ncccc2-c2ccnc3ccccc23)cc1. The summed E-state index contributed by atoms with van der Waals surface area (Å²) in [5.41, 5.74) is 35.3. The molecule has 0 saturated carbocycles. The van der Waals surface area contributed by atoms with Gasteiger partial charge in [0.05, 0.1) is 85.4 Å². The molecule has 0 amide bonds. The molecule has 0 aliphatic carbocycles. The van der Waals surface area contributed by atoms with E-state index in [0.717, 1.165) is 202 Å². The number of benzene rings is 9. The maximum Gasteiger partial charge on any atom is 0.231 e. The largest absolute Gasteiger partial charge is 0.454 e. The first kappa shape index (κ1) is 88.3. The number of para-hydroxylation sites is 3. The van der Waals surface area contributed by atoms with Gasteiger partial charge in [-0.3, -0.25) is 74.8 Å². The van der Waals surface area contributed by atoms with E-state index < -0.39 is 0 Å². The van der Waals surface area contributed by atoms with E-state index in [0.29, 0.717) is 11.3 Å². The maximum atomic E-state index is 14.4. The minimum atomic E-state index is -0.265. The van der Waals surface area contributed by atoms with Gasteiger partial charge in [0, 0.05) is 174 Å². The minimum absolute atomic E-state index is 0.249. The Labute approximate surface area is 791 Å². The summed E-state index contributed by atoms with van der Waals surface area (Å²) in [7, 11) is 0. The lowest BCUT2D eigenvalue weighted by Gasteiger charge is -2.12. The fourth-order valence-corrected chi connectivity index (χ4v) is 16.8. The van der Waals surface area contributed by atoms with E-state index in [-0.39, 0.29) is 18.4 Å². The molecular weight excluding hydrogens is 1700 g/mol. The smallest absolute Gasteiger partial charge is 0.231 e. The van der Waals surface area contributed by atoms with Crippen molar-refractivity contribution in [3.8, 4) is 146 Å². The summed E-state index contributed by atoms with van der Waals surface area (Å²) in [4.78, 5) is 67.5. The first-order valence-electron chi connectivity index (χ1n) is 44.7. The molecule has 9 aromatic carbocycles. The molecule has 2 aliphatic rings. The van der Waals surface area contributed by atoms with Crippen molar-refractivity contribution >= 4 is 50.0 Å². The molecule has 0 fully saturated rings. The molecule has 0 saturated heterocycles. The van der Waals surface area contributed by atoms with Crippen molar-refractivity contribution in [1.29, 1.82) is 0 Å². The van der Waals surface area contributed by atoms with Crippen LogP contribution in [0.4, 0.5) is 8.78 Å². The molecule has 0 spiro atoms. The predicted molar refractivity (Wildman–Crippen MR) is 544 cm³/mol. The van der Waals surface area contributed by atoms with Crippen molar-refractivity contribution in [1.82, 2.24) is 69.8 Å². The Kier molecular flexibility index (Phi) is 26.6. The molecule has 0 bridgehead atoms. The normalized spacial score (nSPS) is 11.4. The molecule has 0 unspecified atom stereocenters. The first-order chi connectivity index (χ1) is 67.3. The lowest BCUT2D eigenvalue weighted by atomic mass is 9.96. The van der Waals surface area contributed by atoms with Gasteiger partial charge in [-0.25, -0.2) is 8.78 Å². The molecule has 24 rings (SSSR count). The van der Waals surface area contributed by atoms with E-state index in [4.69, 9.17) is 9.47 Å². The van der Waals surface area contributed by atoms with Gasteiger partial charge >= 0.3 is 0 Å². The third-order valence-corrected chi connectivity index (χ3v) is 23.2. The van der Waals surface area contributed by atoms with Crippen molar-refractivity contribution in [2.24, 2.45) is 4.99 Å². The van der Waals surface area contributed by atoms with E-state index >= 15 is 0 Å². The van der Waals surface area contributed by atoms with E-state index in [1.54, 1.807) is 67.8 Å². The van der Waals surface area contributed by atoms with Crippen LogP contribution in [-0.2, 0) is 6.54 Å². The number of nitrogens with zero attached hydrogens (tertiary/aromatic N) is 15. The van der Waals surface area contributed by atoms with Crippen LogP contribution in [0.15, 0.2) is 413 Å². The highest BCUT2D eigenvalue weighted by molar-refractivity contribution is 6.01. The van der Waals surface area contributed by atoms with Crippen LogP contribution < -0.4 is 9.47 Å². The Morgan fingerprint density at radius 2 is 0.642 bits per heavy atom. The van der Waals surface area contributed by atoms with Crippen molar-refractivity contribution in [3.05, 3.63) is 459 Å². The van der Waals surface area contributed by atoms with Gasteiger partial charge in [-0.2, -0.15) is 0 Å². The molecule has 0 atom stereocenters. The molecule has 0 N–H and O–H groups in total. The average molecular weight is 1790 g/mol. The topological polar surface area (TPSA) is 211 Å². The zero-order valence-corrected chi connectivity index (χ0v) is 75.5. The van der Waals surface area contributed by atoms with E-state index in [1.807, 2.05) is 277 Å². The summed E-state index contributed by atoms with van der Waals surface area (Å²) in [5, 5.41) is 3.26. The summed E-state index contributed by atoms with van der Waals surface area (Å²) in [6.45, 7) is 11.1. The molecule has 0 radical (unpaired) electrons. The number of aliphatic imine (C=N–C) groups is 1.